The van der Waals surface area contributed by atoms with E-state index in [1.807, 2.05) is 39.0 Å². The molecule has 2 amide bonds. The van der Waals surface area contributed by atoms with Crippen molar-refractivity contribution in [3.8, 4) is 5.75 Å². The Hall–Kier alpha value is -1.75. The molecule has 1 rings (SSSR count). The summed E-state index contributed by atoms with van der Waals surface area (Å²) in [5.41, 5.74) is 1.11. The average Bonchev–Trinajstić information content (AvgIpc) is 2.53. The van der Waals surface area contributed by atoms with Gasteiger partial charge in [0.15, 0.2) is 0 Å². The van der Waals surface area contributed by atoms with Gasteiger partial charge in [0, 0.05) is 5.69 Å². The van der Waals surface area contributed by atoms with Crippen LogP contribution in [0.3, 0.4) is 0 Å². The van der Waals surface area contributed by atoms with Crippen LogP contribution >= 0.6 is 0 Å². The number of carbonyl (C=O) groups excluding carboxylic acids is 1. The van der Waals surface area contributed by atoms with E-state index in [0.717, 1.165) is 23.4 Å². The predicted octanol–water partition coefficient (Wildman–Crippen LogP) is 3.46. The minimum absolute atomic E-state index is 0.0732. The van der Waals surface area contributed by atoms with Crippen molar-refractivity contribution in [1.29, 1.82) is 0 Å². The lowest BCUT2D eigenvalue weighted by Crippen LogP contribution is -2.52. The van der Waals surface area contributed by atoms with Crippen LogP contribution in [0.15, 0.2) is 18.2 Å². The van der Waals surface area contributed by atoms with E-state index in [-0.39, 0.29) is 12.6 Å². The third kappa shape index (κ3) is 4.91. The van der Waals surface area contributed by atoms with Gasteiger partial charge in [0.05, 0.1) is 18.8 Å². The first-order valence-electron chi connectivity index (χ1n) is 7.93. The average molecular weight is 308 g/mol. The number of hydrogen-bond acceptors (Lipinski definition) is 3. The molecule has 1 aromatic rings. The van der Waals surface area contributed by atoms with Crippen LogP contribution in [-0.4, -0.2) is 29.9 Å². The minimum Gasteiger partial charge on any atom is -0.494 e. The van der Waals surface area contributed by atoms with Gasteiger partial charge >= 0.3 is 6.03 Å². The molecular weight excluding hydrogens is 280 g/mol. The number of amides is 2. The smallest absolute Gasteiger partial charge is 0.319 e. The zero-order chi connectivity index (χ0) is 16.6. The Morgan fingerprint density at radius 3 is 2.45 bits per heavy atom. The largest absolute Gasteiger partial charge is 0.494 e. The van der Waals surface area contributed by atoms with E-state index in [1.165, 1.54) is 0 Å². The molecule has 5 heteroatoms. The lowest BCUT2D eigenvalue weighted by atomic mass is 9.94. The third-order valence-electron chi connectivity index (χ3n) is 3.95. The van der Waals surface area contributed by atoms with Crippen molar-refractivity contribution in [3.05, 3.63) is 23.8 Å². The van der Waals surface area contributed by atoms with E-state index in [0.29, 0.717) is 19.4 Å². The number of hydrogen-bond donors (Lipinski definition) is 3. The highest BCUT2D eigenvalue weighted by Crippen LogP contribution is 2.22. The number of rotatable bonds is 8. The maximum absolute atomic E-state index is 12.1. The highest BCUT2D eigenvalue weighted by atomic mass is 16.5. The van der Waals surface area contributed by atoms with Crippen LogP contribution in [0.25, 0.3) is 0 Å². The molecule has 0 saturated carbocycles. The molecule has 0 spiro atoms. The number of aliphatic hydroxyl groups excluding tert-OH is 1. The molecule has 0 aliphatic heterocycles. The molecular formula is C17H28N2O3. The van der Waals surface area contributed by atoms with Crippen LogP contribution in [0, 0.1) is 6.92 Å². The fourth-order valence-electron chi connectivity index (χ4n) is 2.17. The highest BCUT2D eigenvalue weighted by Gasteiger charge is 2.27. The maximum atomic E-state index is 12.1. The first-order valence-corrected chi connectivity index (χ1v) is 7.93. The summed E-state index contributed by atoms with van der Waals surface area (Å²) >= 11 is 0. The molecule has 0 heterocycles. The topological polar surface area (TPSA) is 70.6 Å². The summed E-state index contributed by atoms with van der Waals surface area (Å²) in [7, 11) is 0. The van der Waals surface area contributed by atoms with Gasteiger partial charge in [-0.3, -0.25) is 0 Å². The van der Waals surface area contributed by atoms with Gasteiger partial charge in [-0.05, 0) is 49.9 Å². The number of ether oxygens (including phenoxy) is 1. The second kappa shape index (κ2) is 8.63. The molecule has 1 aromatic carbocycles. The van der Waals surface area contributed by atoms with Gasteiger partial charge in [0.25, 0.3) is 0 Å². The summed E-state index contributed by atoms with van der Waals surface area (Å²) in [6.45, 7) is 8.49. The normalized spacial score (nSPS) is 11.1. The predicted molar refractivity (Wildman–Crippen MR) is 89.5 cm³/mol. The molecule has 3 N–H and O–H groups in total. The molecule has 22 heavy (non-hydrogen) atoms. The zero-order valence-electron chi connectivity index (χ0n) is 14.0. The Morgan fingerprint density at radius 1 is 1.27 bits per heavy atom. The fraction of sp³-hybridized carbons (Fsp3) is 0.588. The zero-order valence-corrected chi connectivity index (χ0v) is 14.0. The SMILES string of the molecule is CCCOc1ccc(NC(=O)NC(CC)(CC)CO)c(C)c1. The first-order chi connectivity index (χ1) is 10.5. The van der Waals surface area contributed by atoms with Gasteiger partial charge in [-0.2, -0.15) is 0 Å². The van der Waals surface area contributed by atoms with Crippen molar-refractivity contribution in [3.63, 3.8) is 0 Å². The Kier molecular flexibility index (Phi) is 7.18. The summed E-state index contributed by atoms with van der Waals surface area (Å²) in [6.07, 6.45) is 2.31. The van der Waals surface area contributed by atoms with Gasteiger partial charge in [0.1, 0.15) is 5.75 Å². The molecule has 0 radical (unpaired) electrons. The molecule has 0 aliphatic carbocycles. The lowest BCUT2D eigenvalue weighted by Gasteiger charge is -2.30. The van der Waals surface area contributed by atoms with Crippen molar-refractivity contribution >= 4 is 11.7 Å². The maximum Gasteiger partial charge on any atom is 0.319 e. The van der Waals surface area contributed by atoms with E-state index in [2.05, 4.69) is 17.6 Å². The minimum atomic E-state index is -0.567. The molecule has 0 aliphatic rings. The standard InChI is InChI=1S/C17H28N2O3/c1-5-10-22-14-8-9-15(13(4)11-14)18-16(21)19-17(6-2,7-3)12-20/h8-9,11,20H,5-7,10,12H2,1-4H3,(H2,18,19,21). The van der Waals surface area contributed by atoms with Gasteiger partial charge in [0.2, 0.25) is 0 Å². The quantitative estimate of drug-likeness (QED) is 0.689. The molecule has 0 bridgehead atoms. The summed E-state index contributed by atoms with van der Waals surface area (Å²) < 4.78 is 5.57. The van der Waals surface area contributed by atoms with Crippen molar-refractivity contribution in [2.24, 2.45) is 0 Å². The van der Waals surface area contributed by atoms with E-state index in [1.54, 1.807) is 0 Å². The van der Waals surface area contributed by atoms with E-state index in [4.69, 9.17) is 4.74 Å². The second-order valence-electron chi connectivity index (χ2n) is 5.55. The number of urea groups is 1. The molecule has 0 unspecified atom stereocenters. The number of benzene rings is 1. The molecule has 0 aromatic heterocycles. The monoisotopic (exact) mass is 308 g/mol. The van der Waals surface area contributed by atoms with Crippen LogP contribution in [0.5, 0.6) is 5.75 Å². The van der Waals surface area contributed by atoms with Crippen LogP contribution < -0.4 is 15.4 Å². The molecule has 0 fully saturated rings. The summed E-state index contributed by atoms with van der Waals surface area (Å²) in [5.74, 6) is 0.803. The number of aryl methyl sites for hydroxylation is 1. The highest BCUT2D eigenvalue weighted by molar-refractivity contribution is 5.90. The van der Waals surface area contributed by atoms with Crippen LogP contribution in [0.2, 0.25) is 0 Å². The van der Waals surface area contributed by atoms with Crippen molar-refractivity contribution in [2.75, 3.05) is 18.5 Å². The first kappa shape index (κ1) is 18.3. The van der Waals surface area contributed by atoms with Gasteiger partial charge in [-0.25, -0.2) is 4.79 Å². The number of anilines is 1. The van der Waals surface area contributed by atoms with Crippen molar-refractivity contribution < 1.29 is 14.6 Å². The Bertz CT molecular complexity index is 477. The Morgan fingerprint density at radius 2 is 1.95 bits per heavy atom. The summed E-state index contributed by atoms with van der Waals surface area (Å²) in [4.78, 5) is 12.1. The molecule has 5 nitrogen and oxygen atoms in total. The number of aliphatic hydroxyl groups is 1. The van der Waals surface area contributed by atoms with Crippen molar-refractivity contribution in [1.82, 2.24) is 5.32 Å². The van der Waals surface area contributed by atoms with Gasteiger partial charge in [-0.15, -0.1) is 0 Å². The number of carbonyl (C=O) groups is 1. The van der Waals surface area contributed by atoms with E-state index < -0.39 is 5.54 Å². The summed E-state index contributed by atoms with van der Waals surface area (Å²) in [5, 5.41) is 15.2. The van der Waals surface area contributed by atoms with E-state index in [9.17, 15) is 9.90 Å². The Labute approximate surface area is 133 Å². The summed E-state index contributed by atoms with van der Waals surface area (Å²) in [6, 6.07) is 5.28. The van der Waals surface area contributed by atoms with Gasteiger partial charge in [-0.1, -0.05) is 20.8 Å². The molecule has 0 saturated heterocycles. The lowest BCUT2D eigenvalue weighted by molar-refractivity contribution is 0.155. The second-order valence-corrected chi connectivity index (χ2v) is 5.55. The fourth-order valence-corrected chi connectivity index (χ4v) is 2.17. The van der Waals surface area contributed by atoms with Gasteiger partial charge < -0.3 is 20.5 Å². The third-order valence-corrected chi connectivity index (χ3v) is 3.95. The van der Waals surface area contributed by atoms with Crippen LogP contribution in [0.1, 0.15) is 45.6 Å². The Balaban J connectivity index is 2.72. The van der Waals surface area contributed by atoms with Crippen LogP contribution in [-0.2, 0) is 0 Å². The van der Waals surface area contributed by atoms with E-state index >= 15 is 0 Å². The van der Waals surface area contributed by atoms with Crippen LogP contribution in [0.4, 0.5) is 10.5 Å². The molecule has 124 valence electrons. The van der Waals surface area contributed by atoms with Crippen molar-refractivity contribution in [2.45, 2.75) is 52.5 Å². The molecule has 0 atom stereocenters. The number of nitrogens with one attached hydrogen (secondary N) is 2.